The lowest BCUT2D eigenvalue weighted by Crippen LogP contribution is -2.39. The van der Waals surface area contributed by atoms with Gasteiger partial charge in [0, 0.05) is 31.7 Å². The Bertz CT molecular complexity index is 1180. The van der Waals surface area contributed by atoms with Crippen molar-refractivity contribution < 1.29 is 14.2 Å². The lowest BCUT2D eigenvalue weighted by molar-refractivity contribution is -0.159. The van der Waals surface area contributed by atoms with Gasteiger partial charge < -0.3 is 35.6 Å². The highest BCUT2D eigenvalue weighted by molar-refractivity contribution is 5.75. The third kappa shape index (κ3) is 4.92. The van der Waals surface area contributed by atoms with Crippen LogP contribution in [0.25, 0.3) is 22.5 Å². The number of nitrogens with one attached hydrogen (secondary N) is 3. The summed E-state index contributed by atoms with van der Waals surface area (Å²) >= 11 is 0. The van der Waals surface area contributed by atoms with Gasteiger partial charge in [0.15, 0.2) is 17.9 Å². The Labute approximate surface area is 210 Å². The average Bonchev–Trinajstić information content (AvgIpc) is 3.33. The van der Waals surface area contributed by atoms with Gasteiger partial charge in [0.05, 0.1) is 26.4 Å². The lowest BCUT2D eigenvalue weighted by Gasteiger charge is -2.29. The SMILES string of the molecule is NC1NNc2c1nc(-c1ccc(-c3c[c]c(COC4CNCCO4)cc3)cc1)nc2N1CCOCC1. The zero-order valence-corrected chi connectivity index (χ0v) is 20.0. The number of morpholine rings is 2. The Hall–Kier alpha value is -3.12. The standard InChI is InChI=1S/C26H30N7O3/c27-24-22-23(31-32-24)26(33-10-13-34-14-11-33)30-25(29-22)20-7-5-19(6-8-20)18-3-1-17(2-4-18)16-36-21-15-28-9-12-35-21/h1,3-8,21,24,28,31-32H,9-16,27H2. The summed E-state index contributed by atoms with van der Waals surface area (Å²) in [6.45, 7) is 5.64. The van der Waals surface area contributed by atoms with E-state index in [0.29, 0.717) is 38.8 Å². The third-order valence-corrected chi connectivity index (χ3v) is 6.55. The fourth-order valence-electron chi connectivity index (χ4n) is 4.53. The van der Waals surface area contributed by atoms with Crippen molar-refractivity contribution in [3.8, 4) is 22.5 Å². The van der Waals surface area contributed by atoms with Crippen molar-refractivity contribution in [3.63, 3.8) is 0 Å². The Morgan fingerprint density at radius 2 is 1.83 bits per heavy atom. The molecule has 0 amide bonds. The van der Waals surface area contributed by atoms with Crippen LogP contribution in [0.4, 0.5) is 11.5 Å². The highest BCUT2D eigenvalue weighted by Gasteiger charge is 2.28. The van der Waals surface area contributed by atoms with E-state index in [1.165, 1.54) is 0 Å². The molecule has 2 aromatic carbocycles. The van der Waals surface area contributed by atoms with Gasteiger partial charge in [-0.2, -0.15) is 0 Å². The normalized spacial score (nSPS) is 21.8. The van der Waals surface area contributed by atoms with Gasteiger partial charge in [-0.05, 0) is 28.8 Å². The predicted molar refractivity (Wildman–Crippen MR) is 136 cm³/mol. The van der Waals surface area contributed by atoms with Crippen molar-refractivity contribution in [1.29, 1.82) is 0 Å². The Kier molecular flexibility index (Phi) is 6.77. The number of anilines is 2. The fraction of sp³-hybridized carbons (Fsp3) is 0.385. The minimum absolute atomic E-state index is 0.203. The average molecular weight is 489 g/mol. The molecule has 2 unspecified atom stereocenters. The van der Waals surface area contributed by atoms with E-state index in [1.54, 1.807) is 0 Å². The summed E-state index contributed by atoms with van der Waals surface area (Å²) in [5, 5.41) is 3.26. The predicted octanol–water partition coefficient (Wildman–Crippen LogP) is 1.80. The number of nitrogens with zero attached hydrogens (tertiary/aromatic N) is 3. The van der Waals surface area contributed by atoms with Crippen molar-refractivity contribution >= 4 is 11.5 Å². The number of aromatic nitrogens is 2. The van der Waals surface area contributed by atoms with E-state index in [-0.39, 0.29) is 12.5 Å². The molecule has 10 nitrogen and oxygen atoms in total. The summed E-state index contributed by atoms with van der Waals surface area (Å²) in [5.74, 6) is 1.51. The molecular weight excluding hydrogens is 458 g/mol. The molecule has 0 bridgehead atoms. The van der Waals surface area contributed by atoms with Gasteiger partial charge in [0.25, 0.3) is 0 Å². The minimum Gasteiger partial charge on any atom is -0.378 e. The van der Waals surface area contributed by atoms with Gasteiger partial charge in [-0.1, -0.05) is 36.4 Å². The molecule has 3 aromatic rings. The van der Waals surface area contributed by atoms with Crippen LogP contribution in [0.2, 0.25) is 0 Å². The Balaban J connectivity index is 1.19. The number of hydrogen-bond donors (Lipinski definition) is 4. The molecule has 0 aliphatic carbocycles. The summed E-state index contributed by atoms with van der Waals surface area (Å²) in [6.07, 6.45) is -0.592. The molecule has 2 saturated heterocycles. The van der Waals surface area contributed by atoms with Crippen LogP contribution in [-0.4, -0.2) is 62.3 Å². The largest absolute Gasteiger partial charge is 0.378 e. The topological polar surface area (TPSA) is 119 Å². The monoisotopic (exact) mass is 488 g/mol. The molecule has 1 radical (unpaired) electrons. The zero-order valence-electron chi connectivity index (χ0n) is 20.0. The first-order valence-electron chi connectivity index (χ1n) is 12.3. The molecule has 1 aromatic heterocycles. The Morgan fingerprint density at radius 3 is 2.58 bits per heavy atom. The molecule has 2 fully saturated rings. The molecule has 2 atom stereocenters. The van der Waals surface area contributed by atoms with Gasteiger partial charge in [-0.3, -0.25) is 0 Å². The maximum atomic E-state index is 6.24. The first-order chi connectivity index (χ1) is 17.7. The molecule has 4 heterocycles. The number of benzene rings is 2. The van der Waals surface area contributed by atoms with Gasteiger partial charge in [-0.15, -0.1) is 0 Å². The van der Waals surface area contributed by atoms with Crippen molar-refractivity contribution in [2.45, 2.75) is 19.1 Å². The summed E-state index contributed by atoms with van der Waals surface area (Å²) in [5.41, 5.74) is 18.2. The lowest BCUT2D eigenvalue weighted by atomic mass is 10.0. The number of fused-ring (bicyclic) bond motifs is 1. The van der Waals surface area contributed by atoms with Crippen molar-refractivity contribution in [3.05, 3.63) is 59.8 Å². The quantitative estimate of drug-likeness (QED) is 0.409. The highest BCUT2D eigenvalue weighted by atomic mass is 16.7. The second kappa shape index (κ2) is 10.5. The molecule has 10 heteroatoms. The van der Waals surface area contributed by atoms with E-state index in [1.807, 2.05) is 24.3 Å². The van der Waals surface area contributed by atoms with Gasteiger partial charge in [-0.25, -0.2) is 15.4 Å². The molecule has 3 aliphatic heterocycles. The molecule has 6 rings (SSSR count). The van der Waals surface area contributed by atoms with Crippen LogP contribution >= 0.6 is 0 Å². The van der Waals surface area contributed by atoms with E-state index in [9.17, 15) is 0 Å². The smallest absolute Gasteiger partial charge is 0.170 e. The number of nitrogens with two attached hydrogens (primary N) is 1. The van der Waals surface area contributed by atoms with Crippen LogP contribution in [0.15, 0.2) is 42.5 Å². The summed E-state index contributed by atoms with van der Waals surface area (Å²) in [7, 11) is 0. The maximum Gasteiger partial charge on any atom is 0.170 e. The van der Waals surface area contributed by atoms with Crippen LogP contribution in [0, 0.1) is 6.07 Å². The number of rotatable bonds is 6. The zero-order chi connectivity index (χ0) is 24.3. The molecular formula is C26H30N7O3. The first-order valence-corrected chi connectivity index (χ1v) is 12.3. The number of ether oxygens (including phenoxy) is 3. The maximum absolute atomic E-state index is 6.24. The van der Waals surface area contributed by atoms with Crippen molar-refractivity contribution in [2.75, 3.05) is 56.3 Å². The van der Waals surface area contributed by atoms with Gasteiger partial charge in [0.1, 0.15) is 17.5 Å². The highest BCUT2D eigenvalue weighted by Crippen LogP contribution is 2.35. The molecule has 0 spiro atoms. The van der Waals surface area contributed by atoms with E-state index in [2.05, 4.69) is 45.3 Å². The molecule has 5 N–H and O–H groups in total. The molecule has 3 aliphatic rings. The second-order valence-corrected chi connectivity index (χ2v) is 8.97. The first kappa shape index (κ1) is 23.3. The molecule has 187 valence electrons. The summed E-state index contributed by atoms with van der Waals surface area (Å²) in [4.78, 5) is 11.9. The van der Waals surface area contributed by atoms with Crippen LogP contribution in [0.3, 0.4) is 0 Å². The van der Waals surface area contributed by atoms with Crippen molar-refractivity contribution in [2.24, 2.45) is 5.73 Å². The van der Waals surface area contributed by atoms with Crippen molar-refractivity contribution in [1.82, 2.24) is 20.7 Å². The van der Waals surface area contributed by atoms with E-state index >= 15 is 0 Å². The van der Waals surface area contributed by atoms with Gasteiger partial charge >= 0.3 is 0 Å². The van der Waals surface area contributed by atoms with E-state index < -0.39 is 0 Å². The van der Waals surface area contributed by atoms with Crippen LogP contribution in [0.5, 0.6) is 0 Å². The van der Waals surface area contributed by atoms with E-state index in [4.69, 9.17) is 29.9 Å². The third-order valence-electron chi connectivity index (χ3n) is 6.55. The number of hydrogen-bond acceptors (Lipinski definition) is 10. The van der Waals surface area contributed by atoms with Crippen LogP contribution in [-0.2, 0) is 20.8 Å². The molecule has 0 saturated carbocycles. The van der Waals surface area contributed by atoms with Crippen LogP contribution < -0.4 is 26.8 Å². The Morgan fingerprint density at radius 1 is 1.03 bits per heavy atom. The fourth-order valence-corrected chi connectivity index (χ4v) is 4.53. The van der Waals surface area contributed by atoms with Crippen LogP contribution in [0.1, 0.15) is 17.4 Å². The summed E-state index contributed by atoms with van der Waals surface area (Å²) in [6, 6.07) is 17.7. The van der Waals surface area contributed by atoms with E-state index in [0.717, 1.165) is 59.1 Å². The second-order valence-electron chi connectivity index (χ2n) is 8.97. The summed E-state index contributed by atoms with van der Waals surface area (Å²) < 4.78 is 16.9. The van der Waals surface area contributed by atoms with Gasteiger partial charge in [0.2, 0.25) is 0 Å². The number of hydrazine groups is 1. The minimum atomic E-state index is -0.389. The molecule has 36 heavy (non-hydrogen) atoms.